The lowest BCUT2D eigenvalue weighted by Gasteiger charge is -2.41. The molecule has 2 aromatic rings. The van der Waals surface area contributed by atoms with Gasteiger partial charge in [-0.25, -0.2) is 13.6 Å². The molecule has 2 aliphatic rings. The number of amides is 1. The highest BCUT2D eigenvalue weighted by molar-refractivity contribution is 7.89. The number of morpholine rings is 1. The van der Waals surface area contributed by atoms with Gasteiger partial charge in [0.15, 0.2) is 0 Å². The number of primary sulfonamides is 1. The average Bonchev–Trinajstić information content (AvgIpc) is 2.79. The van der Waals surface area contributed by atoms with Gasteiger partial charge in [0.2, 0.25) is 10.0 Å². The lowest BCUT2D eigenvalue weighted by Crippen LogP contribution is -2.47. The molecular formula is C23H29N3O4S. The van der Waals surface area contributed by atoms with Crippen LogP contribution >= 0.6 is 0 Å². The van der Waals surface area contributed by atoms with Gasteiger partial charge in [0, 0.05) is 37.3 Å². The fourth-order valence-electron chi connectivity index (χ4n) is 4.60. The Bertz CT molecular complexity index is 1050. The van der Waals surface area contributed by atoms with Crippen LogP contribution < -0.4 is 10.0 Å². The fourth-order valence-corrected chi connectivity index (χ4v) is 5.14. The minimum Gasteiger partial charge on any atom is -0.378 e. The van der Waals surface area contributed by atoms with Gasteiger partial charge in [-0.3, -0.25) is 4.79 Å². The topological polar surface area (TPSA) is 92.9 Å². The van der Waals surface area contributed by atoms with Gasteiger partial charge in [-0.2, -0.15) is 0 Å². The summed E-state index contributed by atoms with van der Waals surface area (Å²) in [6, 6.07) is 14.8. The Hall–Kier alpha value is -2.42. The van der Waals surface area contributed by atoms with Gasteiger partial charge in [-0.15, -0.1) is 0 Å². The van der Waals surface area contributed by atoms with E-state index in [4.69, 9.17) is 9.88 Å². The Morgan fingerprint density at radius 3 is 2.45 bits per heavy atom. The van der Waals surface area contributed by atoms with Gasteiger partial charge in [0.1, 0.15) is 0 Å². The van der Waals surface area contributed by atoms with Crippen molar-refractivity contribution in [3.8, 4) is 0 Å². The van der Waals surface area contributed by atoms with E-state index in [0.29, 0.717) is 45.0 Å². The van der Waals surface area contributed by atoms with E-state index < -0.39 is 10.0 Å². The van der Waals surface area contributed by atoms with Gasteiger partial charge in [-0.1, -0.05) is 37.3 Å². The molecule has 166 valence electrons. The number of ether oxygens (including phenoxy) is 1. The number of likely N-dealkylation sites (tertiary alicyclic amines) is 1. The van der Waals surface area contributed by atoms with Gasteiger partial charge >= 0.3 is 0 Å². The van der Waals surface area contributed by atoms with Crippen molar-refractivity contribution in [3.63, 3.8) is 0 Å². The predicted octanol–water partition coefficient (Wildman–Crippen LogP) is 2.36. The molecule has 2 N–H and O–H groups in total. The molecule has 0 radical (unpaired) electrons. The molecule has 1 amide bonds. The highest BCUT2D eigenvalue weighted by Gasteiger charge is 2.36. The van der Waals surface area contributed by atoms with Crippen molar-refractivity contribution in [1.82, 2.24) is 4.90 Å². The molecule has 0 spiro atoms. The predicted molar refractivity (Wildman–Crippen MR) is 120 cm³/mol. The lowest BCUT2D eigenvalue weighted by molar-refractivity contribution is 0.0650. The molecule has 2 aliphatic heterocycles. The van der Waals surface area contributed by atoms with Crippen molar-refractivity contribution in [2.24, 2.45) is 5.14 Å². The second-order valence-corrected chi connectivity index (χ2v) is 10.1. The van der Waals surface area contributed by atoms with Crippen molar-refractivity contribution in [1.29, 1.82) is 0 Å². The smallest absolute Gasteiger partial charge is 0.256 e. The molecule has 8 heteroatoms. The van der Waals surface area contributed by atoms with Gasteiger partial charge in [0.05, 0.1) is 23.7 Å². The van der Waals surface area contributed by atoms with Gasteiger partial charge in [-0.05, 0) is 36.6 Å². The van der Waals surface area contributed by atoms with E-state index in [0.717, 1.165) is 18.5 Å². The van der Waals surface area contributed by atoms with Gasteiger partial charge in [0.25, 0.3) is 5.91 Å². The largest absolute Gasteiger partial charge is 0.378 e. The van der Waals surface area contributed by atoms with Crippen LogP contribution in [0.5, 0.6) is 0 Å². The Morgan fingerprint density at radius 1 is 1.06 bits per heavy atom. The molecule has 2 saturated heterocycles. The summed E-state index contributed by atoms with van der Waals surface area (Å²) in [4.78, 5) is 17.6. The summed E-state index contributed by atoms with van der Waals surface area (Å²) >= 11 is 0. The zero-order valence-corrected chi connectivity index (χ0v) is 18.6. The summed E-state index contributed by atoms with van der Waals surface area (Å²) in [5, 5.41) is 5.37. The molecule has 2 fully saturated rings. The first kappa shape index (κ1) is 21.8. The number of carbonyl (C=O) groups is 1. The molecule has 2 heterocycles. The third kappa shape index (κ3) is 4.61. The molecule has 4 rings (SSSR count). The number of benzene rings is 2. The maximum absolute atomic E-state index is 13.7. The first-order valence-electron chi connectivity index (χ1n) is 10.6. The van der Waals surface area contributed by atoms with Crippen LogP contribution in [-0.2, 0) is 20.2 Å². The molecule has 1 atom stereocenters. The normalized spacial score (nSPS) is 22.4. The Balaban J connectivity index is 1.69. The number of carbonyl (C=O) groups excluding carboxylic acids is 1. The van der Waals surface area contributed by atoms with Gasteiger partial charge < -0.3 is 14.5 Å². The Labute approximate surface area is 183 Å². The molecule has 0 bridgehead atoms. The molecule has 0 unspecified atom stereocenters. The van der Waals surface area contributed by atoms with E-state index in [2.05, 4.69) is 24.0 Å². The number of hydrogen-bond donors (Lipinski definition) is 1. The monoisotopic (exact) mass is 443 g/mol. The highest BCUT2D eigenvalue weighted by Crippen LogP contribution is 2.35. The SMILES string of the molecule is C[C@@]1(c2ccccc2)CCCN(C(=O)c2cc(S(N)(=O)=O)ccc2N2CCOCC2)C1. The maximum Gasteiger partial charge on any atom is 0.256 e. The van der Waals surface area contributed by atoms with Crippen LogP contribution in [0.3, 0.4) is 0 Å². The molecule has 0 aliphatic carbocycles. The summed E-state index contributed by atoms with van der Waals surface area (Å²) in [5.41, 5.74) is 2.17. The zero-order chi connectivity index (χ0) is 22.1. The van der Waals surface area contributed by atoms with Crippen LogP contribution in [0.15, 0.2) is 53.4 Å². The second-order valence-electron chi connectivity index (χ2n) is 8.58. The molecule has 7 nitrogen and oxygen atoms in total. The first-order chi connectivity index (χ1) is 14.8. The number of hydrogen-bond acceptors (Lipinski definition) is 5. The summed E-state index contributed by atoms with van der Waals surface area (Å²) in [5.74, 6) is -0.158. The molecule has 0 aromatic heterocycles. The van der Waals surface area contributed by atoms with E-state index in [1.54, 1.807) is 6.07 Å². The lowest BCUT2D eigenvalue weighted by atomic mass is 9.76. The summed E-state index contributed by atoms with van der Waals surface area (Å²) < 4.78 is 29.4. The first-order valence-corrected chi connectivity index (χ1v) is 12.2. The number of anilines is 1. The van der Waals surface area contributed by atoms with E-state index in [1.807, 2.05) is 23.1 Å². The van der Waals surface area contributed by atoms with Crippen molar-refractivity contribution in [3.05, 3.63) is 59.7 Å². The minimum atomic E-state index is -3.92. The third-order valence-corrected chi connectivity index (χ3v) is 7.24. The fraction of sp³-hybridized carbons (Fsp3) is 0.435. The Morgan fingerprint density at radius 2 is 1.77 bits per heavy atom. The zero-order valence-electron chi connectivity index (χ0n) is 17.8. The third-order valence-electron chi connectivity index (χ3n) is 6.33. The summed E-state index contributed by atoms with van der Waals surface area (Å²) in [7, 11) is -3.92. The van der Waals surface area contributed by atoms with Crippen LogP contribution in [0.1, 0.15) is 35.7 Å². The van der Waals surface area contributed by atoms with Crippen LogP contribution in [0.2, 0.25) is 0 Å². The van der Waals surface area contributed by atoms with Crippen molar-refractivity contribution in [2.45, 2.75) is 30.1 Å². The van der Waals surface area contributed by atoms with Crippen LogP contribution in [0.25, 0.3) is 0 Å². The molecular weight excluding hydrogens is 414 g/mol. The van der Waals surface area contributed by atoms with Crippen molar-refractivity contribution >= 4 is 21.6 Å². The number of nitrogens with two attached hydrogens (primary N) is 1. The standard InChI is InChI=1S/C23H29N3O4S/c1-23(18-6-3-2-4-7-18)10-5-11-26(17-23)22(27)20-16-19(31(24,28)29)8-9-21(20)25-12-14-30-15-13-25/h2-4,6-9,16H,5,10-15,17H2,1H3,(H2,24,28,29)/t23-/m1/s1. The molecule has 31 heavy (non-hydrogen) atoms. The second kappa shape index (κ2) is 8.61. The average molecular weight is 444 g/mol. The van der Waals surface area contributed by atoms with E-state index >= 15 is 0 Å². The quantitative estimate of drug-likeness (QED) is 0.783. The maximum atomic E-state index is 13.7. The number of nitrogens with zero attached hydrogens (tertiary/aromatic N) is 2. The number of rotatable bonds is 4. The number of piperidine rings is 1. The minimum absolute atomic E-state index is 0.0457. The van der Waals surface area contributed by atoms with Crippen LogP contribution in [0, 0.1) is 0 Å². The summed E-state index contributed by atoms with van der Waals surface area (Å²) in [6.07, 6.45) is 1.88. The van der Waals surface area contributed by atoms with Crippen molar-refractivity contribution in [2.75, 3.05) is 44.3 Å². The summed E-state index contributed by atoms with van der Waals surface area (Å²) in [6.45, 7) is 5.85. The Kier molecular flexibility index (Phi) is 6.05. The molecule has 0 saturated carbocycles. The molecule has 2 aromatic carbocycles. The van der Waals surface area contributed by atoms with E-state index in [9.17, 15) is 13.2 Å². The van der Waals surface area contributed by atoms with Crippen LogP contribution in [-0.4, -0.2) is 58.6 Å². The highest BCUT2D eigenvalue weighted by atomic mass is 32.2. The van der Waals surface area contributed by atoms with E-state index in [1.165, 1.54) is 17.7 Å². The van der Waals surface area contributed by atoms with Crippen LogP contribution in [0.4, 0.5) is 5.69 Å². The van der Waals surface area contributed by atoms with E-state index in [-0.39, 0.29) is 16.2 Å². The van der Waals surface area contributed by atoms with Crippen molar-refractivity contribution < 1.29 is 17.9 Å². The number of sulfonamides is 1.